The van der Waals surface area contributed by atoms with Crippen molar-refractivity contribution in [1.82, 2.24) is 9.97 Å². The van der Waals surface area contributed by atoms with E-state index in [2.05, 4.69) is 39.6 Å². The van der Waals surface area contributed by atoms with Gasteiger partial charge in [0.05, 0.1) is 4.88 Å². The fourth-order valence-electron chi connectivity index (χ4n) is 2.72. The first-order valence-corrected chi connectivity index (χ1v) is 9.34. The largest absolute Gasteiger partial charge is 0.370 e. The maximum Gasteiger partial charge on any atom is 0.173 e. The summed E-state index contributed by atoms with van der Waals surface area (Å²) in [5, 5.41) is 5.59. The number of rotatable bonds is 4. The normalized spacial score (nSPS) is 14.6. The Labute approximate surface area is 138 Å². The van der Waals surface area contributed by atoms with Gasteiger partial charge in [-0.25, -0.2) is 9.97 Å². The van der Waals surface area contributed by atoms with E-state index in [4.69, 9.17) is 9.97 Å². The Morgan fingerprint density at radius 3 is 2.86 bits per heavy atom. The average molecular weight is 366 g/mol. The summed E-state index contributed by atoms with van der Waals surface area (Å²) in [6.45, 7) is 3.15. The van der Waals surface area contributed by atoms with Gasteiger partial charge in [0.25, 0.3) is 0 Å². The van der Waals surface area contributed by atoms with Gasteiger partial charge in [0.1, 0.15) is 5.82 Å². The van der Waals surface area contributed by atoms with E-state index in [1.807, 2.05) is 0 Å². The highest BCUT2D eigenvalue weighted by Gasteiger charge is 2.18. The first-order valence-electron chi connectivity index (χ1n) is 7.66. The van der Waals surface area contributed by atoms with Crippen LogP contribution in [-0.4, -0.2) is 16.5 Å². The van der Waals surface area contributed by atoms with Crippen molar-refractivity contribution in [3.63, 3.8) is 0 Å². The zero-order chi connectivity index (χ0) is 14.7. The molecule has 0 unspecified atom stereocenters. The molecule has 1 aliphatic rings. The molecule has 2 aromatic heterocycles. The van der Waals surface area contributed by atoms with Crippen molar-refractivity contribution in [3.05, 3.63) is 27.2 Å². The van der Waals surface area contributed by atoms with Crippen molar-refractivity contribution < 1.29 is 0 Å². The summed E-state index contributed by atoms with van der Waals surface area (Å²) in [6, 6.07) is 2.06. The maximum absolute atomic E-state index is 4.87. The van der Waals surface area contributed by atoms with E-state index in [9.17, 15) is 0 Å². The highest BCUT2D eigenvalue weighted by Crippen LogP contribution is 2.34. The minimum absolute atomic E-state index is 0.858. The summed E-state index contributed by atoms with van der Waals surface area (Å²) in [5.41, 5.74) is 2.59. The number of nitrogens with zero attached hydrogens (tertiary/aromatic N) is 2. The van der Waals surface area contributed by atoms with Gasteiger partial charge < -0.3 is 5.32 Å². The number of thiophene rings is 1. The summed E-state index contributed by atoms with van der Waals surface area (Å²) >= 11 is 5.29. The smallest absolute Gasteiger partial charge is 0.173 e. The molecule has 0 fully saturated rings. The van der Waals surface area contributed by atoms with E-state index >= 15 is 0 Å². The lowest BCUT2D eigenvalue weighted by atomic mass is 10.1. The first kappa shape index (κ1) is 15.0. The number of anilines is 1. The second-order valence-corrected chi connectivity index (χ2v) is 7.18. The quantitative estimate of drug-likeness (QED) is 0.769. The first-order chi connectivity index (χ1) is 10.3. The third kappa shape index (κ3) is 3.29. The molecule has 1 aliphatic carbocycles. The van der Waals surface area contributed by atoms with Crippen LogP contribution in [0.15, 0.2) is 15.9 Å². The van der Waals surface area contributed by atoms with Crippen LogP contribution in [0.25, 0.3) is 10.7 Å². The molecule has 0 spiro atoms. The molecule has 112 valence electrons. The zero-order valence-corrected chi connectivity index (χ0v) is 14.7. The van der Waals surface area contributed by atoms with Crippen molar-refractivity contribution in [2.45, 2.75) is 45.4 Å². The second kappa shape index (κ2) is 6.88. The summed E-state index contributed by atoms with van der Waals surface area (Å²) < 4.78 is 1.09. The molecule has 3 rings (SSSR count). The third-order valence-corrected chi connectivity index (χ3v) is 5.63. The zero-order valence-electron chi connectivity index (χ0n) is 12.3. The summed E-state index contributed by atoms with van der Waals surface area (Å²) in [6.07, 6.45) is 7.07. The molecule has 0 radical (unpaired) electrons. The van der Waals surface area contributed by atoms with Crippen molar-refractivity contribution in [3.8, 4) is 10.7 Å². The molecule has 1 N–H and O–H groups in total. The van der Waals surface area contributed by atoms with Crippen LogP contribution < -0.4 is 5.32 Å². The fraction of sp³-hybridized carbons (Fsp3) is 0.500. The minimum Gasteiger partial charge on any atom is -0.370 e. The van der Waals surface area contributed by atoms with Gasteiger partial charge in [-0.05, 0) is 59.5 Å². The molecule has 0 aliphatic heterocycles. The Bertz CT molecular complexity index is 624. The molecule has 0 saturated carbocycles. The molecule has 3 nitrogen and oxygen atoms in total. The number of aryl methyl sites for hydroxylation is 1. The van der Waals surface area contributed by atoms with Gasteiger partial charge in [-0.1, -0.05) is 13.3 Å². The van der Waals surface area contributed by atoms with E-state index in [1.165, 1.54) is 30.5 Å². The Balaban J connectivity index is 2.06. The molecule has 0 aromatic carbocycles. The highest BCUT2D eigenvalue weighted by molar-refractivity contribution is 9.10. The molecule has 0 saturated heterocycles. The van der Waals surface area contributed by atoms with Gasteiger partial charge in [0, 0.05) is 22.3 Å². The van der Waals surface area contributed by atoms with E-state index in [0.717, 1.165) is 46.8 Å². The summed E-state index contributed by atoms with van der Waals surface area (Å²) in [7, 11) is 0. The molecule has 0 amide bonds. The van der Waals surface area contributed by atoms with Gasteiger partial charge in [-0.3, -0.25) is 0 Å². The third-order valence-electron chi connectivity index (χ3n) is 3.80. The topological polar surface area (TPSA) is 37.8 Å². The lowest BCUT2D eigenvalue weighted by molar-refractivity contribution is 0.709. The van der Waals surface area contributed by atoms with Crippen LogP contribution in [0.3, 0.4) is 0 Å². The minimum atomic E-state index is 0.858. The van der Waals surface area contributed by atoms with E-state index in [0.29, 0.717) is 0 Å². The SMILES string of the molecule is CCCNc1nc(-c2sccc2Br)nc2c1CCCCC2. The van der Waals surface area contributed by atoms with Crippen LogP contribution in [-0.2, 0) is 12.8 Å². The predicted molar refractivity (Wildman–Crippen MR) is 93.1 cm³/mol. The number of aromatic nitrogens is 2. The van der Waals surface area contributed by atoms with Gasteiger partial charge in [-0.15, -0.1) is 11.3 Å². The van der Waals surface area contributed by atoms with Crippen LogP contribution in [0.1, 0.15) is 43.9 Å². The van der Waals surface area contributed by atoms with Crippen molar-refractivity contribution >= 4 is 33.1 Å². The second-order valence-electron chi connectivity index (χ2n) is 5.41. The lowest BCUT2D eigenvalue weighted by Gasteiger charge is -2.14. The average Bonchev–Trinajstić information content (AvgIpc) is 2.78. The van der Waals surface area contributed by atoms with Crippen LogP contribution in [0.2, 0.25) is 0 Å². The number of hydrogen-bond donors (Lipinski definition) is 1. The van der Waals surface area contributed by atoms with Crippen LogP contribution in [0.5, 0.6) is 0 Å². The van der Waals surface area contributed by atoms with Crippen LogP contribution in [0.4, 0.5) is 5.82 Å². The Kier molecular flexibility index (Phi) is 4.91. The summed E-state index contributed by atoms with van der Waals surface area (Å²) in [4.78, 5) is 10.8. The molecule has 21 heavy (non-hydrogen) atoms. The number of halogens is 1. The van der Waals surface area contributed by atoms with E-state index in [-0.39, 0.29) is 0 Å². The lowest BCUT2D eigenvalue weighted by Crippen LogP contribution is -2.10. The molecule has 2 aromatic rings. The van der Waals surface area contributed by atoms with Crippen molar-refractivity contribution in [2.24, 2.45) is 0 Å². The van der Waals surface area contributed by atoms with Crippen LogP contribution >= 0.6 is 27.3 Å². The standard InChI is InChI=1S/C16H20BrN3S/c1-2-9-18-15-11-6-4-3-5-7-13(11)19-16(20-15)14-12(17)8-10-21-14/h8,10H,2-7,9H2,1H3,(H,18,19,20). The molecular weight excluding hydrogens is 346 g/mol. The van der Waals surface area contributed by atoms with Crippen molar-refractivity contribution in [1.29, 1.82) is 0 Å². The maximum atomic E-state index is 4.87. The Morgan fingerprint density at radius 2 is 2.10 bits per heavy atom. The van der Waals surface area contributed by atoms with E-state index < -0.39 is 0 Å². The van der Waals surface area contributed by atoms with Crippen LogP contribution in [0, 0.1) is 0 Å². The molecule has 0 atom stereocenters. The molecule has 0 bridgehead atoms. The fourth-order valence-corrected chi connectivity index (χ4v) is 4.20. The Morgan fingerprint density at radius 1 is 1.24 bits per heavy atom. The van der Waals surface area contributed by atoms with Crippen molar-refractivity contribution in [2.75, 3.05) is 11.9 Å². The molecule has 2 heterocycles. The molecule has 5 heteroatoms. The van der Waals surface area contributed by atoms with Gasteiger partial charge >= 0.3 is 0 Å². The molecular formula is C16H20BrN3S. The van der Waals surface area contributed by atoms with E-state index in [1.54, 1.807) is 11.3 Å². The van der Waals surface area contributed by atoms with Gasteiger partial charge in [-0.2, -0.15) is 0 Å². The predicted octanol–water partition coefficient (Wildman–Crippen LogP) is 5.06. The number of hydrogen-bond acceptors (Lipinski definition) is 4. The monoisotopic (exact) mass is 365 g/mol. The van der Waals surface area contributed by atoms with Gasteiger partial charge in [0.2, 0.25) is 0 Å². The number of nitrogens with one attached hydrogen (secondary N) is 1. The van der Waals surface area contributed by atoms with Gasteiger partial charge in [0.15, 0.2) is 5.82 Å². The highest BCUT2D eigenvalue weighted by atomic mass is 79.9. The Hall–Kier alpha value is -0.940. The summed E-state index contributed by atoms with van der Waals surface area (Å²) in [5.74, 6) is 1.91. The number of fused-ring (bicyclic) bond motifs is 1.